The maximum absolute atomic E-state index is 13.5. The Morgan fingerprint density at radius 2 is 1.32 bits per heavy atom. The van der Waals surface area contributed by atoms with E-state index >= 15 is 0 Å². The number of nitrogens with one attached hydrogen (secondary N) is 1. The molecular weight excluding hydrogens is 674 g/mol. The summed E-state index contributed by atoms with van der Waals surface area (Å²) in [7, 11) is -8.49. The molecule has 4 aromatic rings. The van der Waals surface area contributed by atoms with Crippen LogP contribution in [0.1, 0.15) is 26.3 Å². The Morgan fingerprint density at radius 3 is 1.80 bits per heavy atom. The van der Waals surface area contributed by atoms with Crippen molar-refractivity contribution < 1.29 is 22.2 Å². The zero-order chi connectivity index (χ0) is 32.0. The summed E-state index contributed by atoms with van der Waals surface area (Å²) in [5.41, 5.74) is 0.931. The van der Waals surface area contributed by atoms with E-state index in [-0.39, 0.29) is 22.3 Å². The number of halogens is 1. The maximum atomic E-state index is 13.5. The van der Waals surface area contributed by atoms with Crippen molar-refractivity contribution in [3.8, 4) is 0 Å². The van der Waals surface area contributed by atoms with Crippen LogP contribution in [0.5, 0.6) is 0 Å². The molecule has 234 valence electrons. The van der Waals surface area contributed by atoms with Gasteiger partial charge in [0.05, 0.1) is 33.2 Å². The molecule has 1 unspecified atom stereocenters. The van der Waals surface area contributed by atoms with E-state index < -0.39 is 46.1 Å². The second-order valence-electron chi connectivity index (χ2n) is 11.9. The van der Waals surface area contributed by atoms with E-state index in [0.717, 1.165) is 15.9 Å². The Balaban J connectivity index is 1.66. The third-order valence-corrected chi connectivity index (χ3v) is 16.8. The number of alkyl halides is 1. The molecule has 0 saturated heterocycles. The highest BCUT2D eigenvalue weighted by molar-refractivity contribution is 9.09. The van der Waals surface area contributed by atoms with Gasteiger partial charge in [-0.05, 0) is 46.6 Å². The Hall–Kier alpha value is -2.44. The monoisotopic (exact) mass is 713 g/mol. The van der Waals surface area contributed by atoms with Gasteiger partial charge in [0.1, 0.15) is 0 Å². The molecule has 0 aliphatic rings. The minimum atomic E-state index is -3.99. The highest BCUT2D eigenvalue weighted by Crippen LogP contribution is 2.37. The summed E-state index contributed by atoms with van der Waals surface area (Å²) in [6, 6.07) is 34.7. The van der Waals surface area contributed by atoms with E-state index in [4.69, 9.17) is 4.43 Å². The van der Waals surface area contributed by atoms with Crippen LogP contribution in [0.2, 0.25) is 5.04 Å². The van der Waals surface area contributed by atoms with Gasteiger partial charge in [-0.15, -0.1) is 0 Å². The lowest BCUT2D eigenvalue weighted by Gasteiger charge is -2.43. The van der Waals surface area contributed by atoms with Crippen molar-refractivity contribution >= 4 is 55.4 Å². The molecule has 4 atom stereocenters. The molecule has 0 aliphatic carbocycles. The van der Waals surface area contributed by atoms with Gasteiger partial charge in [-0.2, -0.15) is 0 Å². The molecule has 0 amide bonds. The normalized spacial score (nSPS) is 15.3. The van der Waals surface area contributed by atoms with Crippen molar-refractivity contribution in [3.05, 3.63) is 121 Å². The summed E-state index contributed by atoms with van der Waals surface area (Å²) >= 11 is 3.60. The number of hydrogen-bond acceptors (Lipinski definition) is 5. The van der Waals surface area contributed by atoms with Crippen LogP contribution in [0.25, 0.3) is 0 Å². The number of benzene rings is 4. The van der Waals surface area contributed by atoms with Gasteiger partial charge in [0, 0.05) is 16.7 Å². The van der Waals surface area contributed by atoms with E-state index in [9.17, 15) is 17.7 Å². The van der Waals surface area contributed by atoms with Gasteiger partial charge < -0.3 is 9.53 Å². The molecule has 0 heterocycles. The second-order valence-corrected chi connectivity index (χ2v) is 20.4. The molecule has 0 saturated carbocycles. The third kappa shape index (κ3) is 8.03. The van der Waals surface area contributed by atoms with Crippen LogP contribution in [-0.2, 0) is 25.2 Å². The molecule has 0 bridgehead atoms. The van der Waals surface area contributed by atoms with Crippen LogP contribution in [0.4, 0.5) is 0 Å². The van der Waals surface area contributed by atoms with Crippen molar-refractivity contribution in [2.75, 3.05) is 12.4 Å². The number of aryl methyl sites for hydroxylation is 1. The van der Waals surface area contributed by atoms with Gasteiger partial charge in [0.2, 0.25) is 10.0 Å². The van der Waals surface area contributed by atoms with E-state index in [1.165, 1.54) is 12.1 Å². The lowest BCUT2D eigenvalue weighted by molar-refractivity contribution is 0.0963. The Kier molecular flexibility index (Phi) is 11.6. The SMILES string of the molecule is Cc1ccc(S(=O)(=O)N[C@@H](CS(=O)c2ccccc2)[C@@H](Br)[C@@H](O)CO[Si](c2ccccc2)(c2ccccc2)C(C)(C)C)cc1. The number of aliphatic hydroxyl groups is 1. The maximum Gasteiger partial charge on any atom is 0.261 e. The highest BCUT2D eigenvalue weighted by atomic mass is 79.9. The highest BCUT2D eigenvalue weighted by Gasteiger charge is 2.50. The van der Waals surface area contributed by atoms with Crippen molar-refractivity contribution in [1.82, 2.24) is 4.72 Å². The molecule has 0 fully saturated rings. The summed E-state index contributed by atoms with van der Waals surface area (Å²) in [4.78, 5) is -0.144. The molecule has 0 aliphatic heterocycles. The van der Waals surface area contributed by atoms with Gasteiger partial charge in [-0.25, -0.2) is 13.1 Å². The fourth-order valence-electron chi connectivity index (χ4n) is 5.34. The summed E-state index contributed by atoms with van der Waals surface area (Å²) < 4.78 is 50.0. The van der Waals surface area contributed by atoms with Crippen LogP contribution in [0, 0.1) is 6.92 Å². The summed E-state index contributed by atoms with van der Waals surface area (Å²) in [5, 5.41) is 13.4. The molecule has 0 aromatic heterocycles. The molecule has 4 rings (SSSR count). The van der Waals surface area contributed by atoms with E-state index in [1.807, 2.05) is 49.4 Å². The summed E-state index contributed by atoms with van der Waals surface area (Å²) in [5.74, 6) is -0.0543. The van der Waals surface area contributed by atoms with Crippen LogP contribution in [-0.4, -0.2) is 55.4 Å². The van der Waals surface area contributed by atoms with Crippen molar-refractivity contribution in [2.45, 2.75) is 59.5 Å². The Morgan fingerprint density at radius 1 is 0.841 bits per heavy atom. The van der Waals surface area contributed by atoms with Crippen LogP contribution < -0.4 is 15.1 Å². The van der Waals surface area contributed by atoms with E-state index in [0.29, 0.717) is 4.90 Å². The van der Waals surface area contributed by atoms with Crippen LogP contribution >= 0.6 is 15.9 Å². The zero-order valence-corrected chi connectivity index (χ0v) is 29.6. The molecule has 0 spiro atoms. The number of hydrogen-bond donors (Lipinski definition) is 2. The smallest absolute Gasteiger partial charge is 0.261 e. The standard InChI is InChI=1S/C34H40BrNO5S2Si/c1-26-20-22-28(23-21-26)43(39,40)36-31(25-42(38)27-14-8-5-9-15-27)33(35)32(37)24-41-44(34(2,3)4,29-16-10-6-11-17-29)30-18-12-7-13-19-30/h5-23,31-33,36-37H,24-25H2,1-4H3/t31-,32-,33+,42?/m0/s1. The molecule has 10 heteroatoms. The lowest BCUT2D eigenvalue weighted by Crippen LogP contribution is -2.67. The van der Waals surface area contributed by atoms with Crippen molar-refractivity contribution in [3.63, 3.8) is 0 Å². The minimum absolute atomic E-state index is 0.0543. The van der Waals surface area contributed by atoms with Gasteiger partial charge in [-0.1, -0.05) is 133 Å². The first kappa shape index (κ1) is 34.4. The Labute approximate surface area is 273 Å². The van der Waals surface area contributed by atoms with Gasteiger partial charge in [-0.3, -0.25) is 4.21 Å². The lowest BCUT2D eigenvalue weighted by atomic mass is 10.1. The average Bonchev–Trinajstić information content (AvgIpc) is 3.01. The topological polar surface area (TPSA) is 92.7 Å². The van der Waals surface area contributed by atoms with E-state index in [2.05, 4.69) is 65.7 Å². The first-order chi connectivity index (χ1) is 20.8. The molecule has 2 N–H and O–H groups in total. The summed E-state index contributed by atoms with van der Waals surface area (Å²) in [6.07, 6.45) is -1.13. The largest absolute Gasteiger partial charge is 0.405 e. The van der Waals surface area contributed by atoms with Crippen LogP contribution in [0.3, 0.4) is 0 Å². The van der Waals surface area contributed by atoms with Crippen LogP contribution in [0.15, 0.2) is 125 Å². The first-order valence-electron chi connectivity index (χ1n) is 14.4. The fraction of sp³-hybridized carbons (Fsp3) is 0.294. The second kappa shape index (κ2) is 14.8. The molecule has 6 nitrogen and oxygen atoms in total. The van der Waals surface area contributed by atoms with E-state index in [1.54, 1.807) is 36.4 Å². The fourth-order valence-corrected chi connectivity index (χ4v) is 13.4. The zero-order valence-electron chi connectivity index (χ0n) is 25.4. The quantitative estimate of drug-likeness (QED) is 0.148. The number of rotatable bonds is 13. The van der Waals surface area contributed by atoms with Gasteiger partial charge >= 0.3 is 0 Å². The third-order valence-electron chi connectivity index (χ3n) is 7.61. The molecule has 44 heavy (non-hydrogen) atoms. The molecule has 4 aromatic carbocycles. The van der Waals surface area contributed by atoms with Gasteiger partial charge in [0.25, 0.3) is 8.32 Å². The average molecular weight is 715 g/mol. The number of sulfonamides is 1. The Bertz CT molecular complexity index is 1580. The van der Waals surface area contributed by atoms with Crippen molar-refractivity contribution in [1.29, 1.82) is 0 Å². The molecular formula is C34H40BrNO5S2Si. The molecule has 0 radical (unpaired) electrons. The first-order valence-corrected chi connectivity index (χ1v) is 20.1. The van der Waals surface area contributed by atoms with Crippen molar-refractivity contribution in [2.24, 2.45) is 0 Å². The predicted molar refractivity (Wildman–Crippen MR) is 185 cm³/mol. The minimum Gasteiger partial charge on any atom is -0.405 e. The van der Waals surface area contributed by atoms with Gasteiger partial charge in [0.15, 0.2) is 0 Å². The summed E-state index contributed by atoms with van der Waals surface area (Å²) in [6.45, 7) is 8.27. The predicted octanol–water partition coefficient (Wildman–Crippen LogP) is 5.15. The number of aliphatic hydroxyl groups excluding tert-OH is 1.